The second-order valence-electron chi connectivity index (χ2n) is 12.0. The molecule has 1 aliphatic heterocycles. The van der Waals surface area contributed by atoms with Gasteiger partial charge in [-0.15, -0.1) is 0 Å². The molecule has 1 aromatic heterocycles. The minimum absolute atomic E-state index is 0.0606. The largest absolute Gasteiger partial charge is 0.488 e. The summed E-state index contributed by atoms with van der Waals surface area (Å²) in [5.41, 5.74) is -0.806. The zero-order chi connectivity index (χ0) is 29.7. The number of Topliss-reactive ketones (excluding diaryl/α,β-unsaturated/α-hetero) is 3. The minimum Gasteiger partial charge on any atom is -0.488 e. The molecule has 0 saturated heterocycles. The fourth-order valence-electron chi connectivity index (χ4n) is 8.26. The van der Waals surface area contributed by atoms with Gasteiger partial charge in [-0.3, -0.25) is 19.2 Å². The molecule has 0 bridgehead atoms. The number of carbonyl (C=O) groups is 3. The van der Waals surface area contributed by atoms with Crippen molar-refractivity contribution in [3.8, 4) is 0 Å². The second kappa shape index (κ2) is 10.1. The van der Waals surface area contributed by atoms with Crippen molar-refractivity contribution in [3.05, 3.63) is 43.5 Å². The molecule has 222 valence electrons. The molecular weight excluding hydrogens is 558 g/mol. The molecule has 11 atom stereocenters. The van der Waals surface area contributed by atoms with Crippen LogP contribution in [0, 0.1) is 29.6 Å². The highest BCUT2D eigenvalue weighted by Gasteiger charge is 2.64. The van der Waals surface area contributed by atoms with Crippen LogP contribution in [0.25, 0.3) is 0 Å². The van der Waals surface area contributed by atoms with Gasteiger partial charge in [0.05, 0.1) is 46.0 Å². The summed E-state index contributed by atoms with van der Waals surface area (Å²) in [7, 11) is 2.93. The summed E-state index contributed by atoms with van der Waals surface area (Å²) in [5, 5.41) is 43.3. The van der Waals surface area contributed by atoms with Gasteiger partial charge < -0.3 is 34.5 Å². The Morgan fingerprint density at radius 1 is 1.00 bits per heavy atom. The number of pyridine rings is 1. The highest BCUT2D eigenvalue weighted by Crippen LogP contribution is 2.55. The number of nitrogens with zero attached hydrogens (tertiary/aromatic N) is 1. The van der Waals surface area contributed by atoms with E-state index in [4.69, 9.17) is 21.1 Å². The Morgan fingerprint density at radius 3 is 2.37 bits per heavy atom. The number of aliphatic hydroxyl groups excluding tert-OH is 4. The van der Waals surface area contributed by atoms with E-state index in [0.717, 1.165) is 0 Å². The van der Waals surface area contributed by atoms with Crippen LogP contribution in [0.1, 0.15) is 59.0 Å². The monoisotopic (exact) mass is 591 g/mol. The van der Waals surface area contributed by atoms with Gasteiger partial charge >= 0.3 is 0 Å². The lowest BCUT2D eigenvalue weighted by molar-refractivity contribution is -0.204. The number of hydrogen-bond acceptors (Lipinski definition) is 10. The van der Waals surface area contributed by atoms with E-state index in [1.54, 1.807) is 0 Å². The Bertz CT molecular complexity index is 1430. The summed E-state index contributed by atoms with van der Waals surface area (Å²) in [4.78, 5) is 55.4. The lowest BCUT2D eigenvalue weighted by Gasteiger charge is -2.56. The maximum atomic E-state index is 14.2. The molecule has 5 aliphatic rings. The zero-order valence-electron chi connectivity index (χ0n) is 22.9. The molecule has 41 heavy (non-hydrogen) atoms. The average molecular weight is 592 g/mol. The third kappa shape index (κ3) is 3.82. The number of rotatable bonds is 3. The van der Waals surface area contributed by atoms with E-state index in [0.29, 0.717) is 25.0 Å². The first kappa shape index (κ1) is 28.7. The van der Waals surface area contributed by atoms with E-state index in [1.165, 1.54) is 18.7 Å². The van der Waals surface area contributed by atoms with Crippen molar-refractivity contribution < 1.29 is 44.3 Å². The van der Waals surface area contributed by atoms with Crippen molar-refractivity contribution in [2.75, 3.05) is 7.11 Å². The van der Waals surface area contributed by atoms with Crippen LogP contribution >= 0.6 is 11.6 Å². The molecule has 2 saturated carbocycles. The van der Waals surface area contributed by atoms with E-state index >= 15 is 0 Å². The van der Waals surface area contributed by atoms with Crippen LogP contribution in [0.4, 0.5) is 0 Å². The topological polar surface area (TPSA) is 173 Å². The first-order valence-corrected chi connectivity index (χ1v) is 14.5. The molecule has 11 nitrogen and oxygen atoms in total. The number of ketones is 3. The van der Waals surface area contributed by atoms with Gasteiger partial charge in [-0.2, -0.15) is 0 Å². The predicted molar refractivity (Wildman–Crippen MR) is 142 cm³/mol. The highest BCUT2D eigenvalue weighted by atomic mass is 35.5. The molecule has 4 aliphatic carbocycles. The first-order chi connectivity index (χ1) is 19.5. The van der Waals surface area contributed by atoms with Crippen molar-refractivity contribution in [1.82, 2.24) is 4.57 Å². The molecule has 12 heteroatoms. The van der Waals surface area contributed by atoms with E-state index < -0.39 is 89.1 Å². The van der Waals surface area contributed by atoms with Crippen molar-refractivity contribution in [1.29, 1.82) is 0 Å². The quantitative estimate of drug-likeness (QED) is 0.384. The van der Waals surface area contributed by atoms with Crippen LogP contribution in [0.2, 0.25) is 5.02 Å². The molecular formula is C29H34ClNO10. The Kier molecular flexibility index (Phi) is 7.07. The van der Waals surface area contributed by atoms with Crippen LogP contribution in [0.5, 0.6) is 0 Å². The standard InChI is InChI=1S/C29H34ClNO10/c1-4-5-11-20(30)16-17(29(39)31(11)2)23(36)14-9(21(16)34)6-7-10-15(14)24(37)19-25(38)18-22(35)12(32)8-13(33)27(18)41-28(19)26(10)40-3/h9-10,12-15,19,22,24,26,28,32-33,35,37H,4-8H2,1-3H3/t9?,10?,12-,13-,14?,15?,19?,22-,24?,26?,28?/m0/s1. The van der Waals surface area contributed by atoms with Gasteiger partial charge in [0.1, 0.15) is 24.1 Å². The summed E-state index contributed by atoms with van der Waals surface area (Å²) in [6.45, 7) is 1.91. The van der Waals surface area contributed by atoms with Gasteiger partial charge in [0.15, 0.2) is 17.3 Å². The van der Waals surface area contributed by atoms with Gasteiger partial charge in [-0.05, 0) is 25.2 Å². The Labute approximate surface area is 240 Å². The average Bonchev–Trinajstić information content (AvgIpc) is 2.94. The van der Waals surface area contributed by atoms with Crippen LogP contribution in [-0.2, 0) is 27.7 Å². The number of hydrogen-bond donors (Lipinski definition) is 4. The van der Waals surface area contributed by atoms with Gasteiger partial charge in [0.25, 0.3) is 5.56 Å². The SMILES string of the molecule is CCCc1c(Cl)c2c(c(=O)n1C)C(=O)C1C(CCC3C(OC)C4OC5=C(C(=O)C4C(O)C31)[C@@H](O)[C@@H](O)C[C@@H]5O)C2=O. The Morgan fingerprint density at radius 2 is 1.71 bits per heavy atom. The number of carbonyl (C=O) groups excluding carboxylic acids is 3. The molecule has 0 spiro atoms. The van der Waals surface area contributed by atoms with Crippen molar-refractivity contribution in [2.45, 2.75) is 75.7 Å². The Hall–Kier alpha value is -2.41. The number of fused-ring (bicyclic) bond motifs is 5. The predicted octanol–water partition coefficient (Wildman–Crippen LogP) is 0.343. The highest BCUT2D eigenvalue weighted by molar-refractivity contribution is 6.36. The number of halogens is 1. The van der Waals surface area contributed by atoms with Crippen LogP contribution in [-0.4, -0.2) is 86.1 Å². The second-order valence-corrected chi connectivity index (χ2v) is 12.4. The lowest BCUT2D eigenvalue weighted by Crippen LogP contribution is -2.67. The molecule has 2 heterocycles. The summed E-state index contributed by atoms with van der Waals surface area (Å²) in [5.74, 6) is -6.57. The van der Waals surface area contributed by atoms with Gasteiger partial charge in [0.2, 0.25) is 0 Å². The van der Waals surface area contributed by atoms with Crippen molar-refractivity contribution in [3.63, 3.8) is 0 Å². The molecule has 8 unspecified atom stereocenters. The summed E-state index contributed by atoms with van der Waals surface area (Å²) < 4.78 is 13.2. The third-order valence-electron chi connectivity index (χ3n) is 10.1. The minimum atomic E-state index is -1.63. The van der Waals surface area contributed by atoms with E-state index in [2.05, 4.69) is 0 Å². The molecule has 0 aromatic carbocycles. The van der Waals surface area contributed by atoms with E-state index in [9.17, 15) is 39.6 Å². The van der Waals surface area contributed by atoms with E-state index in [-0.39, 0.29) is 40.3 Å². The van der Waals surface area contributed by atoms with Gasteiger partial charge in [-0.1, -0.05) is 24.9 Å². The summed E-state index contributed by atoms with van der Waals surface area (Å²) in [6.07, 6.45) is -6.14. The van der Waals surface area contributed by atoms with Crippen LogP contribution in [0.3, 0.4) is 0 Å². The molecule has 2 fully saturated rings. The molecule has 0 radical (unpaired) electrons. The smallest absolute Gasteiger partial charge is 0.262 e. The maximum Gasteiger partial charge on any atom is 0.262 e. The zero-order valence-corrected chi connectivity index (χ0v) is 23.7. The first-order valence-electron chi connectivity index (χ1n) is 14.2. The third-order valence-corrected chi connectivity index (χ3v) is 10.5. The number of aliphatic hydroxyl groups is 4. The fraction of sp³-hybridized carbons (Fsp3) is 0.655. The number of methoxy groups -OCH3 is 1. The van der Waals surface area contributed by atoms with Gasteiger partial charge in [0, 0.05) is 44.0 Å². The number of ether oxygens (including phenoxy) is 2. The van der Waals surface area contributed by atoms with Crippen molar-refractivity contribution in [2.24, 2.45) is 36.6 Å². The summed E-state index contributed by atoms with van der Waals surface area (Å²) >= 11 is 6.67. The lowest BCUT2D eigenvalue weighted by atomic mass is 9.52. The fourth-order valence-corrected chi connectivity index (χ4v) is 8.67. The van der Waals surface area contributed by atoms with Crippen LogP contribution in [0.15, 0.2) is 16.1 Å². The van der Waals surface area contributed by atoms with Crippen molar-refractivity contribution >= 4 is 29.0 Å². The summed E-state index contributed by atoms with van der Waals surface area (Å²) in [6, 6.07) is 0. The Balaban J connectivity index is 1.47. The molecule has 6 rings (SSSR count). The molecule has 4 N–H and O–H groups in total. The maximum absolute atomic E-state index is 14.2. The molecule has 1 aromatic rings. The van der Waals surface area contributed by atoms with Gasteiger partial charge in [-0.25, -0.2) is 0 Å². The molecule has 0 amide bonds. The van der Waals surface area contributed by atoms with E-state index in [1.807, 2.05) is 6.92 Å². The van der Waals surface area contributed by atoms with Crippen LogP contribution < -0.4 is 5.56 Å². The number of aromatic nitrogens is 1. The normalized spacial score (nSPS) is 39.8.